The predicted octanol–water partition coefficient (Wildman–Crippen LogP) is 5.31. The van der Waals surface area contributed by atoms with Crippen molar-refractivity contribution in [1.29, 1.82) is 0 Å². The third kappa shape index (κ3) is 5.14. The first-order valence-corrected chi connectivity index (χ1v) is 12.0. The molecule has 0 saturated carbocycles. The molecule has 0 spiro atoms. The molecule has 5 aromatic rings. The molecule has 0 aliphatic carbocycles. The van der Waals surface area contributed by atoms with Crippen LogP contribution in [0.25, 0.3) is 16.9 Å². The van der Waals surface area contributed by atoms with Gasteiger partial charge in [0.05, 0.1) is 0 Å². The summed E-state index contributed by atoms with van der Waals surface area (Å²) in [6.45, 7) is 3.64. The zero-order valence-electron chi connectivity index (χ0n) is 20.2. The minimum absolute atomic E-state index is 0.144. The van der Waals surface area contributed by atoms with E-state index in [4.69, 9.17) is 10.7 Å². The molecule has 0 radical (unpaired) electrons. The minimum atomic E-state index is -0.144. The van der Waals surface area contributed by atoms with Gasteiger partial charge < -0.3 is 16.4 Å². The number of imidazole rings is 1. The zero-order chi connectivity index (χ0) is 24.9. The highest BCUT2D eigenvalue weighted by atomic mass is 16.1. The van der Waals surface area contributed by atoms with Crippen LogP contribution in [0, 0.1) is 6.92 Å². The molecule has 4 N–H and O–H groups in total. The van der Waals surface area contributed by atoms with Crippen molar-refractivity contribution < 1.29 is 4.79 Å². The van der Waals surface area contributed by atoms with E-state index in [2.05, 4.69) is 54.0 Å². The summed E-state index contributed by atoms with van der Waals surface area (Å²) in [4.78, 5) is 17.9. The number of hydrogen-bond donors (Lipinski definition) is 3. The number of carbonyl (C=O) groups is 1. The van der Waals surface area contributed by atoms with Gasteiger partial charge in [0.2, 0.25) is 0 Å². The molecule has 6 heteroatoms. The molecular formula is C30H29N5O. The Kier molecular flexibility index (Phi) is 6.78. The summed E-state index contributed by atoms with van der Waals surface area (Å²) < 4.78 is 2.00. The Morgan fingerprint density at radius 2 is 1.61 bits per heavy atom. The van der Waals surface area contributed by atoms with E-state index in [1.165, 1.54) is 11.1 Å². The second kappa shape index (κ2) is 10.5. The maximum Gasteiger partial charge on any atom is 0.251 e. The lowest BCUT2D eigenvalue weighted by atomic mass is 10.1. The first kappa shape index (κ1) is 23.3. The third-order valence-corrected chi connectivity index (χ3v) is 6.20. The highest BCUT2D eigenvalue weighted by Crippen LogP contribution is 2.30. The quantitative estimate of drug-likeness (QED) is 0.284. The fourth-order valence-corrected chi connectivity index (χ4v) is 4.20. The number of carbonyl (C=O) groups excluding carboxylic acids is 1. The summed E-state index contributed by atoms with van der Waals surface area (Å²) in [5.41, 5.74) is 13.3. The Hall–Kier alpha value is -4.42. The van der Waals surface area contributed by atoms with Gasteiger partial charge in [-0.2, -0.15) is 0 Å². The predicted molar refractivity (Wildman–Crippen MR) is 145 cm³/mol. The van der Waals surface area contributed by atoms with Gasteiger partial charge in [0, 0.05) is 37.0 Å². The average molecular weight is 476 g/mol. The number of benzene rings is 3. The molecule has 0 bridgehead atoms. The van der Waals surface area contributed by atoms with Crippen molar-refractivity contribution in [2.24, 2.45) is 5.73 Å². The lowest BCUT2D eigenvalue weighted by Crippen LogP contribution is -2.23. The van der Waals surface area contributed by atoms with Crippen LogP contribution in [-0.2, 0) is 19.6 Å². The van der Waals surface area contributed by atoms with E-state index in [0.29, 0.717) is 30.8 Å². The molecule has 0 fully saturated rings. The van der Waals surface area contributed by atoms with Gasteiger partial charge in [0.25, 0.3) is 5.91 Å². The van der Waals surface area contributed by atoms with Crippen LogP contribution in [0.5, 0.6) is 0 Å². The molecule has 1 amide bonds. The van der Waals surface area contributed by atoms with E-state index in [-0.39, 0.29) is 5.91 Å². The topological polar surface area (TPSA) is 84.5 Å². The fourth-order valence-electron chi connectivity index (χ4n) is 4.20. The van der Waals surface area contributed by atoms with E-state index in [1.807, 2.05) is 65.2 Å². The summed E-state index contributed by atoms with van der Waals surface area (Å²) in [6.07, 6.45) is 1.90. The molecule has 0 aliphatic rings. The largest absolute Gasteiger partial charge is 0.365 e. The number of aryl methyl sites for hydroxylation is 1. The number of fused-ring (bicyclic) bond motifs is 1. The van der Waals surface area contributed by atoms with E-state index < -0.39 is 0 Å². The standard InChI is InChI=1S/C30H29N5O/c1-21-10-12-25(13-11-21)28-29(32-19-22-6-3-2-4-7-22)35-15-14-26(17-27(35)34-28)30(36)33-20-24-9-5-8-23(16-24)18-31/h2-17,32H,18-20,31H2,1H3,(H,33,36). The average Bonchev–Trinajstić information content (AvgIpc) is 3.29. The van der Waals surface area contributed by atoms with Crippen molar-refractivity contribution in [3.05, 3.63) is 125 Å². The number of aromatic nitrogens is 2. The van der Waals surface area contributed by atoms with E-state index in [0.717, 1.165) is 28.2 Å². The molecular weight excluding hydrogens is 446 g/mol. The molecule has 6 nitrogen and oxygen atoms in total. The van der Waals surface area contributed by atoms with Crippen molar-refractivity contribution in [3.63, 3.8) is 0 Å². The van der Waals surface area contributed by atoms with Gasteiger partial charge in [-0.25, -0.2) is 4.98 Å². The summed E-state index contributed by atoms with van der Waals surface area (Å²) in [7, 11) is 0. The van der Waals surface area contributed by atoms with E-state index in [9.17, 15) is 4.79 Å². The van der Waals surface area contributed by atoms with Crippen LogP contribution in [0.2, 0.25) is 0 Å². The van der Waals surface area contributed by atoms with Crippen LogP contribution in [-0.4, -0.2) is 15.3 Å². The highest BCUT2D eigenvalue weighted by Gasteiger charge is 2.16. The second-order valence-electron chi connectivity index (χ2n) is 8.86. The Morgan fingerprint density at radius 1 is 0.861 bits per heavy atom. The normalized spacial score (nSPS) is 10.9. The third-order valence-electron chi connectivity index (χ3n) is 6.20. The summed E-state index contributed by atoms with van der Waals surface area (Å²) >= 11 is 0. The van der Waals surface area contributed by atoms with E-state index >= 15 is 0 Å². The van der Waals surface area contributed by atoms with Crippen LogP contribution in [0.1, 0.15) is 32.6 Å². The molecule has 0 aliphatic heterocycles. The molecule has 3 aromatic carbocycles. The number of hydrogen-bond acceptors (Lipinski definition) is 4. The molecule has 2 aromatic heterocycles. The van der Waals surface area contributed by atoms with Crippen molar-refractivity contribution in [1.82, 2.24) is 14.7 Å². The van der Waals surface area contributed by atoms with Gasteiger partial charge in [-0.1, -0.05) is 84.4 Å². The van der Waals surface area contributed by atoms with Crippen molar-refractivity contribution in [2.45, 2.75) is 26.6 Å². The smallest absolute Gasteiger partial charge is 0.251 e. The minimum Gasteiger partial charge on any atom is -0.365 e. The lowest BCUT2D eigenvalue weighted by Gasteiger charge is -2.10. The Balaban J connectivity index is 1.43. The Labute approximate surface area is 210 Å². The number of nitrogens with one attached hydrogen (secondary N) is 2. The molecule has 180 valence electrons. The number of nitrogens with two attached hydrogens (primary N) is 1. The lowest BCUT2D eigenvalue weighted by molar-refractivity contribution is 0.0951. The number of nitrogens with zero attached hydrogens (tertiary/aromatic N) is 2. The van der Waals surface area contributed by atoms with Crippen LogP contribution >= 0.6 is 0 Å². The van der Waals surface area contributed by atoms with Gasteiger partial charge in [-0.3, -0.25) is 9.20 Å². The second-order valence-corrected chi connectivity index (χ2v) is 8.86. The van der Waals surface area contributed by atoms with Gasteiger partial charge in [0.1, 0.15) is 17.2 Å². The zero-order valence-corrected chi connectivity index (χ0v) is 20.2. The fraction of sp³-hybridized carbons (Fsp3) is 0.133. The van der Waals surface area contributed by atoms with Crippen LogP contribution in [0.3, 0.4) is 0 Å². The summed E-state index contributed by atoms with van der Waals surface area (Å²) in [6, 6.07) is 30.2. The molecule has 0 atom stereocenters. The monoisotopic (exact) mass is 475 g/mol. The van der Waals surface area contributed by atoms with Crippen LogP contribution in [0.15, 0.2) is 97.2 Å². The van der Waals surface area contributed by atoms with Crippen LogP contribution < -0.4 is 16.4 Å². The maximum absolute atomic E-state index is 12.9. The first-order valence-electron chi connectivity index (χ1n) is 12.0. The van der Waals surface area contributed by atoms with Crippen LogP contribution in [0.4, 0.5) is 5.82 Å². The number of rotatable bonds is 8. The summed E-state index contributed by atoms with van der Waals surface area (Å²) in [5.74, 6) is 0.748. The van der Waals surface area contributed by atoms with Crippen molar-refractivity contribution >= 4 is 17.4 Å². The first-order chi connectivity index (χ1) is 17.6. The van der Waals surface area contributed by atoms with Gasteiger partial charge in [-0.05, 0) is 35.7 Å². The maximum atomic E-state index is 12.9. The SMILES string of the molecule is Cc1ccc(-c2nc3cc(C(=O)NCc4cccc(CN)c4)ccn3c2NCc2ccccc2)cc1. The van der Waals surface area contributed by atoms with Gasteiger partial charge in [0.15, 0.2) is 0 Å². The number of pyridine rings is 1. The summed E-state index contributed by atoms with van der Waals surface area (Å²) in [5, 5.41) is 6.57. The van der Waals surface area contributed by atoms with E-state index in [1.54, 1.807) is 0 Å². The molecule has 36 heavy (non-hydrogen) atoms. The Morgan fingerprint density at radius 3 is 2.39 bits per heavy atom. The molecule has 5 rings (SSSR count). The Bertz CT molecular complexity index is 1490. The van der Waals surface area contributed by atoms with Crippen molar-refractivity contribution in [2.75, 3.05) is 5.32 Å². The van der Waals surface area contributed by atoms with Gasteiger partial charge in [-0.15, -0.1) is 0 Å². The molecule has 0 unspecified atom stereocenters. The van der Waals surface area contributed by atoms with Crippen molar-refractivity contribution in [3.8, 4) is 11.3 Å². The number of anilines is 1. The molecule has 0 saturated heterocycles. The van der Waals surface area contributed by atoms with Gasteiger partial charge >= 0.3 is 0 Å². The number of amides is 1. The molecule has 2 heterocycles. The highest BCUT2D eigenvalue weighted by molar-refractivity contribution is 5.95.